The molecular formula is C12H15NO2S. The van der Waals surface area contributed by atoms with Gasteiger partial charge in [-0.25, -0.2) is 0 Å². The van der Waals surface area contributed by atoms with Gasteiger partial charge in [-0.2, -0.15) is 0 Å². The van der Waals surface area contributed by atoms with Crippen LogP contribution < -0.4 is 0 Å². The Morgan fingerprint density at radius 2 is 2.25 bits per heavy atom. The van der Waals surface area contributed by atoms with Crippen LogP contribution in [-0.2, 0) is 4.74 Å². The van der Waals surface area contributed by atoms with E-state index in [4.69, 9.17) is 4.74 Å². The largest absolute Gasteiger partial charge is 0.379 e. The standard InChI is InChI=1S/C12H15NO2S/c1-13(9-6-7-15-8-9)12(14)10-4-2-3-5-11(10)16/h2-5,9,16H,6-8H2,1H3. The van der Waals surface area contributed by atoms with E-state index in [1.165, 1.54) is 0 Å². The number of ether oxygens (including phenoxy) is 1. The molecule has 0 bridgehead atoms. The molecule has 3 nitrogen and oxygen atoms in total. The number of benzene rings is 1. The van der Waals surface area contributed by atoms with Crippen LogP contribution in [0.2, 0.25) is 0 Å². The highest BCUT2D eigenvalue weighted by molar-refractivity contribution is 7.80. The fourth-order valence-corrected chi connectivity index (χ4v) is 2.09. The van der Waals surface area contributed by atoms with Crippen LogP contribution in [0.4, 0.5) is 0 Å². The van der Waals surface area contributed by atoms with Crippen molar-refractivity contribution in [1.29, 1.82) is 0 Å². The lowest BCUT2D eigenvalue weighted by molar-refractivity contribution is 0.0708. The van der Waals surface area contributed by atoms with Crippen molar-refractivity contribution in [2.45, 2.75) is 17.4 Å². The zero-order valence-corrected chi connectivity index (χ0v) is 10.1. The predicted octanol–water partition coefficient (Wildman–Crippen LogP) is 1.84. The molecule has 1 aliphatic rings. The van der Waals surface area contributed by atoms with Crippen molar-refractivity contribution in [2.24, 2.45) is 0 Å². The van der Waals surface area contributed by atoms with E-state index in [1.807, 2.05) is 25.2 Å². The molecule has 1 aromatic rings. The molecule has 1 amide bonds. The summed E-state index contributed by atoms with van der Waals surface area (Å²) in [6, 6.07) is 7.55. The van der Waals surface area contributed by atoms with Gasteiger partial charge in [-0.05, 0) is 18.6 Å². The van der Waals surface area contributed by atoms with Crippen LogP contribution in [0.3, 0.4) is 0 Å². The van der Waals surface area contributed by atoms with Gasteiger partial charge in [0.15, 0.2) is 0 Å². The highest BCUT2D eigenvalue weighted by Crippen LogP contribution is 2.18. The van der Waals surface area contributed by atoms with Crippen molar-refractivity contribution in [2.75, 3.05) is 20.3 Å². The number of hydrogen-bond acceptors (Lipinski definition) is 3. The molecule has 1 fully saturated rings. The summed E-state index contributed by atoms with van der Waals surface area (Å²) in [5, 5.41) is 0. The van der Waals surface area contributed by atoms with Crippen molar-refractivity contribution < 1.29 is 9.53 Å². The van der Waals surface area contributed by atoms with Crippen LogP contribution in [0.25, 0.3) is 0 Å². The quantitative estimate of drug-likeness (QED) is 0.795. The maximum absolute atomic E-state index is 12.2. The molecule has 1 unspecified atom stereocenters. The van der Waals surface area contributed by atoms with E-state index in [1.54, 1.807) is 11.0 Å². The first-order valence-electron chi connectivity index (χ1n) is 5.33. The van der Waals surface area contributed by atoms with Crippen LogP contribution in [0.1, 0.15) is 16.8 Å². The Balaban J connectivity index is 2.15. The molecule has 0 spiro atoms. The second kappa shape index (κ2) is 4.89. The Morgan fingerprint density at radius 3 is 2.88 bits per heavy atom. The third-order valence-corrected chi connectivity index (χ3v) is 3.30. The molecule has 1 atom stereocenters. The van der Waals surface area contributed by atoms with Crippen molar-refractivity contribution >= 4 is 18.5 Å². The first-order chi connectivity index (χ1) is 7.70. The molecule has 1 aromatic carbocycles. The van der Waals surface area contributed by atoms with E-state index >= 15 is 0 Å². The summed E-state index contributed by atoms with van der Waals surface area (Å²) in [5.74, 6) is 0.0149. The van der Waals surface area contributed by atoms with Gasteiger partial charge in [-0.3, -0.25) is 4.79 Å². The fraction of sp³-hybridized carbons (Fsp3) is 0.417. The molecule has 1 aliphatic heterocycles. The Kier molecular flexibility index (Phi) is 3.51. The fourth-order valence-electron chi connectivity index (χ4n) is 1.84. The minimum Gasteiger partial charge on any atom is -0.379 e. The van der Waals surface area contributed by atoms with E-state index in [2.05, 4.69) is 12.6 Å². The number of carbonyl (C=O) groups is 1. The molecule has 0 aromatic heterocycles. The van der Waals surface area contributed by atoms with Crippen LogP contribution >= 0.6 is 12.6 Å². The van der Waals surface area contributed by atoms with Gasteiger partial charge in [-0.15, -0.1) is 12.6 Å². The number of carbonyl (C=O) groups excluding carboxylic acids is 1. The molecule has 0 radical (unpaired) electrons. The molecule has 2 rings (SSSR count). The summed E-state index contributed by atoms with van der Waals surface area (Å²) < 4.78 is 5.28. The maximum atomic E-state index is 12.2. The lowest BCUT2D eigenvalue weighted by Crippen LogP contribution is -2.37. The first kappa shape index (κ1) is 11.5. The van der Waals surface area contributed by atoms with Crippen molar-refractivity contribution in [3.8, 4) is 0 Å². The summed E-state index contributed by atoms with van der Waals surface area (Å²) >= 11 is 4.30. The second-order valence-electron chi connectivity index (χ2n) is 3.95. The smallest absolute Gasteiger partial charge is 0.255 e. The Hall–Kier alpha value is -1.00. The average molecular weight is 237 g/mol. The van der Waals surface area contributed by atoms with Crippen LogP contribution in [0.5, 0.6) is 0 Å². The van der Waals surface area contributed by atoms with E-state index in [0.717, 1.165) is 17.9 Å². The van der Waals surface area contributed by atoms with Crippen molar-refractivity contribution in [3.63, 3.8) is 0 Å². The molecule has 1 heterocycles. The highest BCUT2D eigenvalue weighted by atomic mass is 32.1. The van der Waals surface area contributed by atoms with Gasteiger partial charge in [0.05, 0.1) is 18.2 Å². The van der Waals surface area contributed by atoms with Gasteiger partial charge < -0.3 is 9.64 Å². The molecule has 0 saturated carbocycles. The van der Waals surface area contributed by atoms with Crippen molar-refractivity contribution in [3.05, 3.63) is 29.8 Å². The number of amides is 1. The lowest BCUT2D eigenvalue weighted by atomic mass is 10.1. The normalized spacial score (nSPS) is 19.8. The summed E-state index contributed by atoms with van der Waals surface area (Å²) in [6.07, 6.45) is 0.914. The van der Waals surface area contributed by atoms with Gasteiger partial charge in [0.25, 0.3) is 5.91 Å². The minimum atomic E-state index is 0.0149. The lowest BCUT2D eigenvalue weighted by Gasteiger charge is -2.23. The van der Waals surface area contributed by atoms with Gasteiger partial charge in [-0.1, -0.05) is 12.1 Å². The predicted molar refractivity (Wildman–Crippen MR) is 65.0 cm³/mol. The Labute approximate surface area is 101 Å². The third kappa shape index (κ3) is 2.23. The number of rotatable bonds is 2. The molecule has 4 heteroatoms. The first-order valence-corrected chi connectivity index (χ1v) is 5.78. The van der Waals surface area contributed by atoms with E-state index < -0.39 is 0 Å². The van der Waals surface area contributed by atoms with Gasteiger partial charge in [0.2, 0.25) is 0 Å². The van der Waals surface area contributed by atoms with Crippen LogP contribution in [-0.4, -0.2) is 37.1 Å². The summed E-state index contributed by atoms with van der Waals surface area (Å²) in [4.78, 5) is 14.6. The Morgan fingerprint density at radius 1 is 1.50 bits per heavy atom. The van der Waals surface area contributed by atoms with Gasteiger partial charge in [0, 0.05) is 18.6 Å². The molecule has 86 valence electrons. The molecule has 0 aliphatic carbocycles. The average Bonchev–Trinajstić information content (AvgIpc) is 2.81. The minimum absolute atomic E-state index is 0.0149. The van der Waals surface area contributed by atoms with E-state index in [0.29, 0.717) is 12.2 Å². The van der Waals surface area contributed by atoms with Gasteiger partial charge in [0.1, 0.15) is 0 Å². The number of nitrogens with zero attached hydrogens (tertiary/aromatic N) is 1. The highest BCUT2D eigenvalue weighted by Gasteiger charge is 2.25. The van der Waals surface area contributed by atoms with Crippen molar-refractivity contribution in [1.82, 2.24) is 4.90 Å². The molecule has 1 saturated heterocycles. The van der Waals surface area contributed by atoms with Crippen LogP contribution in [0, 0.1) is 0 Å². The second-order valence-corrected chi connectivity index (χ2v) is 4.43. The molecular weight excluding hydrogens is 222 g/mol. The summed E-state index contributed by atoms with van der Waals surface area (Å²) in [7, 11) is 1.82. The zero-order chi connectivity index (χ0) is 11.5. The maximum Gasteiger partial charge on any atom is 0.255 e. The monoisotopic (exact) mass is 237 g/mol. The van der Waals surface area contributed by atoms with E-state index in [-0.39, 0.29) is 11.9 Å². The number of likely N-dealkylation sites (N-methyl/N-ethyl adjacent to an activating group) is 1. The topological polar surface area (TPSA) is 29.5 Å². The number of hydrogen-bond donors (Lipinski definition) is 1. The third-order valence-electron chi connectivity index (χ3n) is 2.91. The molecule has 0 N–H and O–H groups in total. The summed E-state index contributed by atoms with van der Waals surface area (Å²) in [5.41, 5.74) is 0.653. The summed E-state index contributed by atoms with van der Waals surface area (Å²) in [6.45, 7) is 1.38. The van der Waals surface area contributed by atoms with Crippen LogP contribution in [0.15, 0.2) is 29.2 Å². The zero-order valence-electron chi connectivity index (χ0n) is 9.22. The SMILES string of the molecule is CN(C(=O)c1ccccc1S)C1CCOC1. The number of thiol groups is 1. The molecule has 16 heavy (non-hydrogen) atoms. The van der Waals surface area contributed by atoms with E-state index in [9.17, 15) is 4.79 Å². The Bertz CT molecular complexity index is 388. The van der Waals surface area contributed by atoms with Gasteiger partial charge >= 0.3 is 0 Å².